The summed E-state index contributed by atoms with van der Waals surface area (Å²) in [7, 11) is 1.66. The number of ether oxygens (including phenoxy) is 1. The second kappa shape index (κ2) is 7.78. The number of likely N-dealkylation sites (N-methyl/N-ethyl adjacent to an activating group) is 1. The molecule has 2 fully saturated rings. The van der Waals surface area contributed by atoms with Gasteiger partial charge in [-0.1, -0.05) is 12.1 Å². The van der Waals surface area contributed by atoms with Gasteiger partial charge < -0.3 is 9.64 Å². The number of cyclic esters (lactones) is 1. The molecule has 27 heavy (non-hydrogen) atoms. The molecule has 5 nitrogen and oxygen atoms in total. The van der Waals surface area contributed by atoms with Crippen molar-refractivity contribution >= 4 is 17.7 Å². The van der Waals surface area contributed by atoms with Gasteiger partial charge in [-0.2, -0.15) is 13.2 Å². The fourth-order valence-corrected chi connectivity index (χ4v) is 3.72. The zero-order valence-corrected chi connectivity index (χ0v) is 15.2. The lowest BCUT2D eigenvalue weighted by molar-refractivity contribution is -0.184. The zero-order valence-electron chi connectivity index (χ0n) is 15.2. The van der Waals surface area contributed by atoms with E-state index >= 15 is 0 Å². The summed E-state index contributed by atoms with van der Waals surface area (Å²) in [6.45, 7) is 0.862. The number of anilines is 1. The van der Waals surface area contributed by atoms with Gasteiger partial charge in [-0.05, 0) is 43.4 Å². The first-order valence-electron chi connectivity index (χ1n) is 9.11. The summed E-state index contributed by atoms with van der Waals surface area (Å²) in [5.41, 5.74) is 1.51. The van der Waals surface area contributed by atoms with Crippen molar-refractivity contribution in [2.75, 3.05) is 25.1 Å². The van der Waals surface area contributed by atoms with Gasteiger partial charge in [0.15, 0.2) is 0 Å². The molecule has 0 N–H and O–H groups in total. The summed E-state index contributed by atoms with van der Waals surface area (Å²) in [4.78, 5) is 27.2. The van der Waals surface area contributed by atoms with E-state index in [1.165, 1.54) is 4.90 Å². The summed E-state index contributed by atoms with van der Waals surface area (Å²) in [5, 5.41) is 0. The van der Waals surface area contributed by atoms with Crippen LogP contribution in [0.5, 0.6) is 0 Å². The van der Waals surface area contributed by atoms with Crippen LogP contribution in [0.15, 0.2) is 24.3 Å². The molecular formula is C19H23F3N2O3. The number of carbonyl (C=O) groups excluding carboxylic acids is 2. The molecule has 0 aromatic heterocycles. The van der Waals surface area contributed by atoms with Crippen LogP contribution in [-0.2, 0) is 16.0 Å². The van der Waals surface area contributed by atoms with Crippen LogP contribution in [0.1, 0.15) is 31.2 Å². The van der Waals surface area contributed by atoms with Crippen LogP contribution >= 0.6 is 0 Å². The van der Waals surface area contributed by atoms with E-state index < -0.39 is 12.1 Å². The van der Waals surface area contributed by atoms with Gasteiger partial charge in [0.25, 0.3) is 0 Å². The first-order valence-corrected chi connectivity index (χ1v) is 9.11. The molecule has 0 radical (unpaired) electrons. The number of hydrogen-bond donors (Lipinski definition) is 0. The lowest BCUT2D eigenvalue weighted by Gasteiger charge is -2.35. The number of nitrogens with zero attached hydrogens (tertiary/aromatic N) is 2. The Kier molecular flexibility index (Phi) is 5.62. The highest BCUT2D eigenvalue weighted by atomic mass is 19.4. The number of rotatable bonds is 4. The van der Waals surface area contributed by atoms with E-state index in [0.717, 1.165) is 5.56 Å². The van der Waals surface area contributed by atoms with E-state index in [1.54, 1.807) is 36.2 Å². The SMILES string of the molecule is CN(C(=O)Cc1ccc(N2CCOC2=O)cc1)C1CCC(C(F)(F)F)CC1. The van der Waals surface area contributed by atoms with Crippen LogP contribution in [0.2, 0.25) is 0 Å². The van der Waals surface area contributed by atoms with Gasteiger partial charge in [0.05, 0.1) is 18.9 Å². The Morgan fingerprint density at radius 1 is 1.19 bits per heavy atom. The Labute approximate surface area is 156 Å². The van der Waals surface area contributed by atoms with Crippen molar-refractivity contribution < 1.29 is 27.5 Å². The molecule has 1 aromatic rings. The zero-order chi connectivity index (χ0) is 19.6. The molecule has 0 spiro atoms. The highest BCUT2D eigenvalue weighted by Gasteiger charge is 2.42. The van der Waals surface area contributed by atoms with Crippen LogP contribution in [0.25, 0.3) is 0 Å². The topological polar surface area (TPSA) is 49.9 Å². The maximum Gasteiger partial charge on any atom is 0.414 e. The molecule has 2 amide bonds. The maximum atomic E-state index is 12.8. The van der Waals surface area contributed by atoms with Crippen molar-refractivity contribution in [3.63, 3.8) is 0 Å². The normalized spacial score (nSPS) is 23.3. The summed E-state index contributed by atoms with van der Waals surface area (Å²) >= 11 is 0. The van der Waals surface area contributed by atoms with Gasteiger partial charge >= 0.3 is 12.3 Å². The Hall–Kier alpha value is -2.25. The van der Waals surface area contributed by atoms with Crippen molar-refractivity contribution in [3.05, 3.63) is 29.8 Å². The summed E-state index contributed by atoms with van der Waals surface area (Å²) in [5.74, 6) is -1.36. The average Bonchev–Trinajstić information content (AvgIpc) is 3.07. The molecule has 8 heteroatoms. The van der Waals surface area contributed by atoms with Crippen LogP contribution in [-0.4, -0.2) is 49.3 Å². The lowest BCUT2D eigenvalue weighted by Crippen LogP contribution is -2.42. The molecule has 0 bridgehead atoms. The molecular weight excluding hydrogens is 361 g/mol. The van der Waals surface area contributed by atoms with Crippen LogP contribution in [0.4, 0.5) is 23.7 Å². The van der Waals surface area contributed by atoms with E-state index in [1.807, 2.05) is 0 Å². The van der Waals surface area contributed by atoms with Gasteiger partial charge in [-0.3, -0.25) is 9.69 Å². The molecule has 0 unspecified atom stereocenters. The predicted molar refractivity (Wildman–Crippen MR) is 93.4 cm³/mol. The molecule has 1 aliphatic heterocycles. The largest absolute Gasteiger partial charge is 0.447 e. The molecule has 0 atom stereocenters. The van der Waals surface area contributed by atoms with Crippen molar-refractivity contribution in [1.82, 2.24) is 4.90 Å². The van der Waals surface area contributed by atoms with Gasteiger partial charge in [0.1, 0.15) is 6.61 Å². The van der Waals surface area contributed by atoms with Gasteiger partial charge in [0, 0.05) is 18.8 Å². The Morgan fingerprint density at radius 3 is 2.33 bits per heavy atom. The summed E-state index contributed by atoms with van der Waals surface area (Å²) in [6, 6.07) is 6.96. The summed E-state index contributed by atoms with van der Waals surface area (Å²) < 4.78 is 43.2. The first-order chi connectivity index (χ1) is 12.8. The standard InChI is InChI=1S/C19H23F3N2O3/c1-23(15-8-4-14(5-9-15)19(20,21)22)17(25)12-13-2-6-16(7-3-13)24-10-11-27-18(24)26/h2-3,6-7,14-15H,4-5,8-12H2,1H3. The molecule has 1 aliphatic carbocycles. The Bertz CT molecular complexity index is 682. The second-order valence-electron chi connectivity index (χ2n) is 7.16. The quantitative estimate of drug-likeness (QED) is 0.794. The molecule has 148 valence electrons. The third-order valence-corrected chi connectivity index (χ3v) is 5.46. The van der Waals surface area contributed by atoms with Gasteiger partial charge in [-0.15, -0.1) is 0 Å². The van der Waals surface area contributed by atoms with Crippen LogP contribution < -0.4 is 4.90 Å². The number of benzene rings is 1. The fourth-order valence-electron chi connectivity index (χ4n) is 3.72. The predicted octanol–water partition coefficient (Wildman–Crippen LogP) is 3.77. The van der Waals surface area contributed by atoms with E-state index in [9.17, 15) is 22.8 Å². The van der Waals surface area contributed by atoms with Crippen molar-refractivity contribution in [3.8, 4) is 0 Å². The molecule has 3 rings (SSSR count). The molecule has 1 aromatic carbocycles. The van der Waals surface area contributed by atoms with E-state index in [0.29, 0.717) is 31.7 Å². The van der Waals surface area contributed by atoms with Crippen LogP contribution in [0, 0.1) is 5.92 Å². The fraction of sp³-hybridized carbons (Fsp3) is 0.579. The van der Waals surface area contributed by atoms with E-state index in [4.69, 9.17) is 4.74 Å². The molecule has 1 saturated carbocycles. The average molecular weight is 384 g/mol. The Morgan fingerprint density at radius 2 is 1.81 bits per heavy atom. The lowest BCUT2D eigenvalue weighted by atomic mass is 9.85. The van der Waals surface area contributed by atoms with Crippen molar-refractivity contribution in [1.29, 1.82) is 0 Å². The smallest absolute Gasteiger partial charge is 0.414 e. The minimum absolute atomic E-state index is 0.0758. The highest BCUT2D eigenvalue weighted by molar-refractivity contribution is 5.89. The Balaban J connectivity index is 1.53. The number of halogens is 3. The number of carbonyl (C=O) groups is 2. The van der Waals surface area contributed by atoms with Crippen molar-refractivity contribution in [2.45, 2.75) is 44.3 Å². The molecule has 2 aliphatic rings. The molecule has 1 saturated heterocycles. The summed E-state index contributed by atoms with van der Waals surface area (Å²) in [6.07, 6.45) is -3.44. The number of alkyl halides is 3. The minimum atomic E-state index is -4.14. The molecule has 1 heterocycles. The van der Waals surface area contributed by atoms with E-state index in [-0.39, 0.29) is 37.3 Å². The monoisotopic (exact) mass is 384 g/mol. The maximum absolute atomic E-state index is 12.8. The minimum Gasteiger partial charge on any atom is -0.447 e. The number of hydrogen-bond acceptors (Lipinski definition) is 3. The van der Waals surface area contributed by atoms with Crippen molar-refractivity contribution in [2.24, 2.45) is 5.92 Å². The van der Waals surface area contributed by atoms with E-state index in [2.05, 4.69) is 0 Å². The number of amides is 2. The third-order valence-electron chi connectivity index (χ3n) is 5.46. The first kappa shape index (κ1) is 19.5. The van der Waals surface area contributed by atoms with Gasteiger partial charge in [0.2, 0.25) is 5.91 Å². The van der Waals surface area contributed by atoms with Gasteiger partial charge in [-0.25, -0.2) is 4.79 Å². The van der Waals surface area contributed by atoms with Crippen LogP contribution in [0.3, 0.4) is 0 Å². The second-order valence-corrected chi connectivity index (χ2v) is 7.16. The third kappa shape index (κ3) is 4.54. The highest BCUT2D eigenvalue weighted by Crippen LogP contribution is 2.38.